The molecule has 3 amide bonds. The number of H-pyrrole nitrogens is 1. The van der Waals surface area contributed by atoms with E-state index in [1.54, 1.807) is 17.2 Å². The standard InChI is InChI=1S/C47H47F3N8O7S/c48-30-11-20-57(26-30)66(63,64)54-39-8-7-38(49)42(43(39)50)44(60)37-24-52-45-36(37)22-28(23-51-45)27-1-3-31(4-2-27)55-16-12-33(13-17-55)65-34-14-18-56(19-15-34)32-5-6-35-29(21-32)25-58(47(35)62)40-9-10-41(59)53-46(40)61/h1-8,21-24,30,33-34,40,54H,9-20,25-26H2,(H,51,52)(H,53,59,61)/t30-,40-/m1/s1. The minimum absolute atomic E-state index is 0.000815. The third kappa shape index (κ3) is 8.39. The molecule has 2 aromatic heterocycles. The number of halogens is 3. The molecule has 5 aliphatic heterocycles. The molecular weight excluding hydrogens is 878 g/mol. The van der Waals surface area contributed by atoms with Crippen LogP contribution in [-0.4, -0.2) is 115 Å². The number of alkyl halides is 1. The van der Waals surface area contributed by atoms with Crippen molar-refractivity contribution in [3.63, 3.8) is 0 Å². The topological polar surface area (TPSA) is 177 Å². The average Bonchev–Trinajstić information content (AvgIpc) is 4.04. The maximum Gasteiger partial charge on any atom is 0.301 e. The van der Waals surface area contributed by atoms with Crippen molar-refractivity contribution >= 4 is 61.8 Å². The summed E-state index contributed by atoms with van der Waals surface area (Å²) in [7, 11) is -4.36. The third-order valence-electron chi connectivity index (χ3n) is 13.5. The number of anilines is 3. The van der Waals surface area contributed by atoms with E-state index in [2.05, 4.69) is 25.1 Å². The fourth-order valence-electron chi connectivity index (χ4n) is 9.83. The second-order valence-electron chi connectivity index (χ2n) is 17.6. The van der Waals surface area contributed by atoms with Crippen molar-refractivity contribution in [2.75, 3.05) is 53.8 Å². The van der Waals surface area contributed by atoms with Gasteiger partial charge in [0.15, 0.2) is 5.82 Å². The second-order valence-corrected chi connectivity index (χ2v) is 19.3. The van der Waals surface area contributed by atoms with Crippen LogP contribution in [-0.2, 0) is 31.1 Å². The Kier molecular flexibility index (Phi) is 11.5. The normalized spacial score (nSPS) is 21.2. The predicted octanol–water partition coefficient (Wildman–Crippen LogP) is 5.86. The van der Waals surface area contributed by atoms with Gasteiger partial charge in [0.25, 0.3) is 5.91 Å². The number of fused-ring (bicyclic) bond motifs is 2. The minimum Gasteiger partial charge on any atom is -0.375 e. The van der Waals surface area contributed by atoms with Gasteiger partial charge in [0.1, 0.15) is 23.7 Å². The smallest absolute Gasteiger partial charge is 0.301 e. The number of carbonyl (C=O) groups is 4. The molecule has 3 N–H and O–H groups in total. The molecule has 19 heteroatoms. The van der Waals surface area contributed by atoms with Crippen molar-refractivity contribution in [1.82, 2.24) is 24.5 Å². The first-order valence-electron chi connectivity index (χ1n) is 22.2. The number of nitrogens with zero attached hydrogens (tertiary/aromatic N) is 5. The Balaban J connectivity index is 0.730. The number of carbonyl (C=O) groups excluding carboxylic acids is 4. The van der Waals surface area contributed by atoms with E-state index in [9.17, 15) is 32.0 Å². The molecular formula is C47H47F3N8O7S. The molecule has 5 aromatic rings. The number of hydrogen-bond acceptors (Lipinski definition) is 10. The molecule has 10 rings (SSSR count). The van der Waals surface area contributed by atoms with Crippen LogP contribution in [0.4, 0.5) is 30.2 Å². The van der Waals surface area contributed by atoms with Gasteiger partial charge in [-0.2, -0.15) is 12.7 Å². The number of nitrogens with one attached hydrogen (secondary N) is 3. The Morgan fingerprint density at radius 3 is 2.20 bits per heavy atom. The molecule has 344 valence electrons. The lowest BCUT2D eigenvalue weighted by Gasteiger charge is -2.38. The lowest BCUT2D eigenvalue weighted by molar-refractivity contribution is -0.136. The molecule has 0 aliphatic carbocycles. The lowest BCUT2D eigenvalue weighted by Crippen LogP contribution is -2.52. The maximum atomic E-state index is 15.8. The van der Waals surface area contributed by atoms with E-state index in [-0.39, 0.29) is 55.5 Å². The highest BCUT2D eigenvalue weighted by atomic mass is 32.2. The van der Waals surface area contributed by atoms with Crippen molar-refractivity contribution in [1.29, 1.82) is 0 Å². The lowest BCUT2D eigenvalue weighted by atomic mass is 9.99. The van der Waals surface area contributed by atoms with Gasteiger partial charge in [-0.05, 0) is 98.2 Å². The second kappa shape index (κ2) is 17.5. The Bertz CT molecular complexity index is 2860. The Morgan fingerprint density at radius 2 is 1.52 bits per heavy atom. The van der Waals surface area contributed by atoms with Crippen LogP contribution in [0.5, 0.6) is 0 Å². The van der Waals surface area contributed by atoms with Crippen LogP contribution >= 0.6 is 0 Å². The number of rotatable bonds is 11. The van der Waals surface area contributed by atoms with Gasteiger partial charge in [0.2, 0.25) is 17.6 Å². The summed E-state index contributed by atoms with van der Waals surface area (Å²) in [4.78, 5) is 64.6. The first kappa shape index (κ1) is 43.6. The summed E-state index contributed by atoms with van der Waals surface area (Å²) in [5.74, 6) is -4.47. The Morgan fingerprint density at radius 1 is 0.818 bits per heavy atom. The van der Waals surface area contributed by atoms with Crippen molar-refractivity contribution in [2.24, 2.45) is 0 Å². The van der Waals surface area contributed by atoms with Crippen molar-refractivity contribution in [3.05, 3.63) is 107 Å². The van der Waals surface area contributed by atoms with Crippen molar-refractivity contribution < 1.29 is 45.5 Å². The van der Waals surface area contributed by atoms with Crippen molar-refractivity contribution in [3.8, 4) is 11.1 Å². The number of piperidine rings is 3. The van der Waals surface area contributed by atoms with Crippen LogP contribution in [0.15, 0.2) is 73.1 Å². The number of hydrogen-bond donors (Lipinski definition) is 3. The van der Waals surface area contributed by atoms with Gasteiger partial charge in [0.05, 0.1) is 23.5 Å². The van der Waals surface area contributed by atoms with Gasteiger partial charge >= 0.3 is 10.2 Å². The predicted molar refractivity (Wildman–Crippen MR) is 239 cm³/mol. The van der Waals surface area contributed by atoms with Gasteiger partial charge in [-0.1, -0.05) is 12.1 Å². The number of amides is 3. The number of aromatic nitrogens is 2. The zero-order valence-electron chi connectivity index (χ0n) is 35.8. The monoisotopic (exact) mass is 924 g/mol. The molecule has 4 saturated heterocycles. The first-order valence-corrected chi connectivity index (χ1v) is 23.7. The third-order valence-corrected chi connectivity index (χ3v) is 15.0. The van der Waals surface area contributed by atoms with Crippen LogP contribution in [0.1, 0.15) is 76.8 Å². The summed E-state index contributed by atoms with van der Waals surface area (Å²) in [5, 5.41) is 2.68. The fourth-order valence-corrected chi connectivity index (χ4v) is 11.1. The molecule has 0 bridgehead atoms. The van der Waals surface area contributed by atoms with Crippen molar-refractivity contribution in [2.45, 2.75) is 75.9 Å². The molecule has 15 nitrogen and oxygen atoms in total. The summed E-state index contributed by atoms with van der Waals surface area (Å²) in [6.07, 6.45) is 5.96. The summed E-state index contributed by atoms with van der Waals surface area (Å²) in [6, 6.07) is 16.6. The molecule has 2 atom stereocenters. The van der Waals surface area contributed by atoms with Gasteiger partial charge in [-0.15, -0.1) is 0 Å². The molecule has 5 aliphatic rings. The number of benzene rings is 3. The van der Waals surface area contributed by atoms with Gasteiger partial charge < -0.3 is 24.4 Å². The number of ketones is 1. The molecule has 0 radical (unpaired) electrons. The highest BCUT2D eigenvalue weighted by molar-refractivity contribution is 7.90. The molecule has 0 saturated carbocycles. The largest absolute Gasteiger partial charge is 0.375 e. The zero-order chi connectivity index (χ0) is 45.9. The Hall–Kier alpha value is -6.31. The summed E-state index contributed by atoms with van der Waals surface area (Å²) in [6.45, 7) is 3.15. The molecule has 66 heavy (non-hydrogen) atoms. The summed E-state index contributed by atoms with van der Waals surface area (Å²) >= 11 is 0. The van der Waals surface area contributed by atoms with Crippen LogP contribution in [0.25, 0.3) is 22.2 Å². The number of ether oxygens (including phenoxy) is 1. The number of pyridine rings is 1. The molecule has 7 heterocycles. The van der Waals surface area contributed by atoms with Crippen LogP contribution in [0.3, 0.4) is 0 Å². The van der Waals surface area contributed by atoms with E-state index in [1.165, 1.54) is 6.20 Å². The average molecular weight is 925 g/mol. The maximum absolute atomic E-state index is 15.8. The molecule has 0 spiro atoms. The van der Waals surface area contributed by atoms with Crippen LogP contribution in [0.2, 0.25) is 0 Å². The molecule has 4 fully saturated rings. The van der Waals surface area contributed by atoms with E-state index >= 15 is 8.78 Å². The van der Waals surface area contributed by atoms with Gasteiger partial charge in [-0.3, -0.25) is 29.2 Å². The Labute approximate surface area is 378 Å². The summed E-state index contributed by atoms with van der Waals surface area (Å²) in [5.41, 5.74) is 3.76. The molecule has 3 aromatic carbocycles. The number of aromatic amines is 1. The minimum atomic E-state index is -4.36. The van der Waals surface area contributed by atoms with E-state index in [0.717, 1.165) is 90.8 Å². The van der Waals surface area contributed by atoms with E-state index in [4.69, 9.17) is 4.74 Å². The highest BCUT2D eigenvalue weighted by Crippen LogP contribution is 2.35. The quantitative estimate of drug-likeness (QED) is 0.108. The molecule has 0 unspecified atom stereocenters. The van der Waals surface area contributed by atoms with Gasteiger partial charge in [0, 0.05) is 98.1 Å². The highest BCUT2D eigenvalue weighted by Gasteiger charge is 2.40. The van der Waals surface area contributed by atoms with Gasteiger partial charge in [-0.25, -0.2) is 18.2 Å². The zero-order valence-corrected chi connectivity index (χ0v) is 36.6. The number of imide groups is 1. The van der Waals surface area contributed by atoms with Crippen LogP contribution in [0, 0.1) is 11.6 Å². The van der Waals surface area contributed by atoms with E-state index < -0.39 is 57.0 Å². The summed E-state index contributed by atoms with van der Waals surface area (Å²) < 4.78 is 79.7. The first-order chi connectivity index (χ1) is 31.8. The fraction of sp³-hybridized carbons (Fsp3) is 0.383. The van der Waals surface area contributed by atoms with Crippen LogP contribution < -0.4 is 19.8 Å². The SMILES string of the molecule is O=C1CC[C@@H](N2Cc3cc(N4CCC(OC5CCN(c6ccc(-c7cnc8[nH]cc(C(=O)c9c(F)ccc(NS(=O)(=O)N%10CC[C@@H](F)C%10)c9F)c8c7)cc6)CC5)CC4)ccc3C2=O)C(=O)N1. The van der Waals surface area contributed by atoms with E-state index in [1.807, 2.05) is 47.2 Å². The van der Waals surface area contributed by atoms with E-state index in [0.29, 0.717) is 35.1 Å².